The Kier molecular flexibility index (Phi) is 4.07. The molecule has 1 aliphatic rings. The summed E-state index contributed by atoms with van der Waals surface area (Å²) < 4.78 is 2.80. The minimum absolute atomic E-state index is 0.0247. The summed E-state index contributed by atoms with van der Waals surface area (Å²) in [6.45, 7) is 9.19. The molecule has 0 unspecified atom stereocenters. The van der Waals surface area contributed by atoms with Gasteiger partial charge in [0.2, 0.25) is 0 Å². The van der Waals surface area contributed by atoms with E-state index in [1.807, 2.05) is 23.9 Å². The van der Waals surface area contributed by atoms with Crippen LogP contribution in [-0.2, 0) is 7.05 Å². The van der Waals surface area contributed by atoms with E-state index in [4.69, 9.17) is 0 Å². The summed E-state index contributed by atoms with van der Waals surface area (Å²) in [4.78, 5) is 12.4. The molecule has 0 bridgehead atoms. The molecule has 0 radical (unpaired) electrons. The van der Waals surface area contributed by atoms with Crippen molar-refractivity contribution in [1.29, 1.82) is 0 Å². The van der Waals surface area contributed by atoms with E-state index in [0.29, 0.717) is 5.69 Å². The Bertz CT molecular complexity index is 501. The standard InChI is InChI=1S/C16H25BrN2O/c1-15(2)7-12(8-16(3,4)10-15)18-14(20)13-6-11(17)9-19(13)5/h6,9,12H,7-8,10H2,1-5H3,(H,18,20). The predicted octanol–water partition coefficient (Wildman–Crippen LogP) is 4.12. The van der Waals surface area contributed by atoms with Gasteiger partial charge in [-0.25, -0.2) is 0 Å². The molecular formula is C16H25BrN2O. The highest BCUT2D eigenvalue weighted by atomic mass is 79.9. The van der Waals surface area contributed by atoms with Gasteiger partial charge in [0.15, 0.2) is 0 Å². The number of nitrogens with zero attached hydrogens (tertiary/aromatic N) is 1. The molecule has 1 saturated carbocycles. The van der Waals surface area contributed by atoms with Gasteiger partial charge in [-0.3, -0.25) is 4.79 Å². The first-order valence-electron chi connectivity index (χ1n) is 7.21. The minimum Gasteiger partial charge on any atom is -0.348 e. The maximum Gasteiger partial charge on any atom is 0.268 e. The molecule has 3 nitrogen and oxygen atoms in total. The van der Waals surface area contributed by atoms with E-state index in [0.717, 1.165) is 17.3 Å². The fraction of sp³-hybridized carbons (Fsp3) is 0.688. The Labute approximate surface area is 130 Å². The Balaban J connectivity index is 2.09. The molecule has 0 spiro atoms. The van der Waals surface area contributed by atoms with Crippen molar-refractivity contribution in [3.05, 3.63) is 22.4 Å². The molecule has 112 valence electrons. The second-order valence-corrected chi connectivity index (χ2v) is 8.65. The number of aryl methyl sites for hydroxylation is 1. The predicted molar refractivity (Wildman–Crippen MR) is 85.8 cm³/mol. The first kappa shape index (κ1) is 15.6. The van der Waals surface area contributed by atoms with Crippen LogP contribution in [0, 0.1) is 10.8 Å². The molecule has 1 fully saturated rings. The molecule has 0 aromatic carbocycles. The van der Waals surface area contributed by atoms with E-state index in [1.165, 1.54) is 6.42 Å². The van der Waals surface area contributed by atoms with Gasteiger partial charge in [-0.1, -0.05) is 27.7 Å². The molecule has 1 aliphatic carbocycles. The molecular weight excluding hydrogens is 316 g/mol. The first-order valence-corrected chi connectivity index (χ1v) is 8.00. The van der Waals surface area contributed by atoms with Crippen molar-refractivity contribution in [2.24, 2.45) is 17.9 Å². The zero-order chi connectivity index (χ0) is 15.1. The van der Waals surface area contributed by atoms with E-state index in [9.17, 15) is 4.79 Å². The van der Waals surface area contributed by atoms with Crippen LogP contribution in [0.3, 0.4) is 0 Å². The highest BCUT2D eigenvalue weighted by molar-refractivity contribution is 9.10. The zero-order valence-electron chi connectivity index (χ0n) is 13.1. The summed E-state index contributed by atoms with van der Waals surface area (Å²) in [6, 6.07) is 2.13. The van der Waals surface area contributed by atoms with Crippen LogP contribution in [0.15, 0.2) is 16.7 Å². The lowest BCUT2D eigenvalue weighted by atomic mass is 9.63. The number of hydrogen-bond donors (Lipinski definition) is 1. The van der Waals surface area contributed by atoms with Gasteiger partial charge in [-0.2, -0.15) is 0 Å². The van der Waals surface area contributed by atoms with Crippen LogP contribution in [-0.4, -0.2) is 16.5 Å². The normalized spacial score (nSPS) is 21.7. The largest absolute Gasteiger partial charge is 0.348 e. The van der Waals surface area contributed by atoms with Crippen LogP contribution >= 0.6 is 15.9 Å². The molecule has 4 heteroatoms. The minimum atomic E-state index is 0.0247. The van der Waals surface area contributed by atoms with Gasteiger partial charge in [0, 0.05) is 23.8 Å². The number of hydrogen-bond acceptors (Lipinski definition) is 1. The van der Waals surface area contributed by atoms with Crippen molar-refractivity contribution in [2.45, 2.75) is 53.0 Å². The van der Waals surface area contributed by atoms with Crippen molar-refractivity contribution in [2.75, 3.05) is 0 Å². The molecule has 1 aromatic heterocycles. The Hall–Kier alpha value is -0.770. The van der Waals surface area contributed by atoms with Crippen LogP contribution < -0.4 is 5.32 Å². The summed E-state index contributed by atoms with van der Waals surface area (Å²) in [6.07, 6.45) is 5.22. The topological polar surface area (TPSA) is 34.0 Å². The third kappa shape index (κ3) is 3.66. The van der Waals surface area contributed by atoms with Crippen LogP contribution in [0.2, 0.25) is 0 Å². The molecule has 0 saturated heterocycles. The Morgan fingerprint density at radius 2 is 1.85 bits per heavy atom. The Morgan fingerprint density at radius 3 is 2.30 bits per heavy atom. The number of rotatable bonds is 2. The van der Waals surface area contributed by atoms with Crippen LogP contribution in [0.4, 0.5) is 0 Å². The van der Waals surface area contributed by atoms with Crippen LogP contribution in [0.25, 0.3) is 0 Å². The molecule has 0 aliphatic heterocycles. The van der Waals surface area contributed by atoms with Gasteiger partial charge in [0.25, 0.3) is 5.91 Å². The molecule has 1 heterocycles. The van der Waals surface area contributed by atoms with E-state index < -0.39 is 0 Å². The van der Waals surface area contributed by atoms with Crippen molar-refractivity contribution in [3.63, 3.8) is 0 Å². The molecule has 1 N–H and O–H groups in total. The monoisotopic (exact) mass is 340 g/mol. The van der Waals surface area contributed by atoms with Crippen LogP contribution in [0.5, 0.6) is 0 Å². The number of nitrogens with one attached hydrogen (secondary N) is 1. The van der Waals surface area contributed by atoms with Gasteiger partial charge in [0.1, 0.15) is 5.69 Å². The van der Waals surface area contributed by atoms with Gasteiger partial charge in [-0.15, -0.1) is 0 Å². The second-order valence-electron chi connectivity index (χ2n) is 7.74. The van der Waals surface area contributed by atoms with Crippen LogP contribution in [0.1, 0.15) is 57.4 Å². The van der Waals surface area contributed by atoms with Crippen molar-refractivity contribution >= 4 is 21.8 Å². The summed E-state index contributed by atoms with van der Waals surface area (Å²) in [5.41, 5.74) is 1.28. The summed E-state index contributed by atoms with van der Waals surface area (Å²) in [5, 5.41) is 3.22. The third-order valence-electron chi connectivity index (χ3n) is 4.09. The summed E-state index contributed by atoms with van der Waals surface area (Å²) in [5.74, 6) is 0.0247. The fourth-order valence-corrected chi connectivity index (χ4v) is 4.48. The second kappa shape index (κ2) is 5.21. The maximum absolute atomic E-state index is 12.4. The highest BCUT2D eigenvalue weighted by Crippen LogP contribution is 2.45. The van der Waals surface area contributed by atoms with Crippen molar-refractivity contribution < 1.29 is 4.79 Å². The molecule has 0 atom stereocenters. The number of amides is 1. The summed E-state index contributed by atoms with van der Waals surface area (Å²) >= 11 is 3.41. The average Bonchev–Trinajstić information content (AvgIpc) is 2.52. The lowest BCUT2D eigenvalue weighted by Gasteiger charge is -2.45. The highest BCUT2D eigenvalue weighted by Gasteiger charge is 2.39. The number of carbonyl (C=O) groups excluding carboxylic acids is 1. The SMILES string of the molecule is Cn1cc(Br)cc1C(=O)NC1CC(C)(C)CC(C)(C)C1. The number of carbonyl (C=O) groups is 1. The zero-order valence-corrected chi connectivity index (χ0v) is 14.7. The van der Waals surface area contributed by atoms with Gasteiger partial charge >= 0.3 is 0 Å². The molecule has 2 rings (SSSR count). The summed E-state index contributed by atoms with van der Waals surface area (Å²) in [7, 11) is 1.90. The quantitative estimate of drug-likeness (QED) is 0.863. The fourth-order valence-electron chi connectivity index (χ4n) is 3.96. The average molecular weight is 341 g/mol. The molecule has 1 amide bonds. The maximum atomic E-state index is 12.4. The van der Waals surface area contributed by atoms with Gasteiger partial charge in [0.05, 0.1) is 0 Å². The first-order chi connectivity index (χ1) is 9.08. The molecule has 20 heavy (non-hydrogen) atoms. The lowest BCUT2D eigenvalue weighted by molar-refractivity contribution is 0.0708. The van der Waals surface area contributed by atoms with Gasteiger partial charge < -0.3 is 9.88 Å². The Morgan fingerprint density at radius 1 is 1.30 bits per heavy atom. The molecule has 1 aromatic rings. The third-order valence-corrected chi connectivity index (χ3v) is 4.53. The van der Waals surface area contributed by atoms with Gasteiger partial charge in [-0.05, 0) is 52.1 Å². The van der Waals surface area contributed by atoms with E-state index in [1.54, 1.807) is 0 Å². The number of halogens is 1. The number of aromatic nitrogens is 1. The van der Waals surface area contributed by atoms with E-state index >= 15 is 0 Å². The lowest BCUT2D eigenvalue weighted by Crippen LogP contribution is -2.46. The van der Waals surface area contributed by atoms with E-state index in [2.05, 4.69) is 48.9 Å². The van der Waals surface area contributed by atoms with Crippen molar-refractivity contribution in [1.82, 2.24) is 9.88 Å². The van der Waals surface area contributed by atoms with Crippen molar-refractivity contribution in [3.8, 4) is 0 Å². The van der Waals surface area contributed by atoms with E-state index in [-0.39, 0.29) is 22.8 Å². The smallest absolute Gasteiger partial charge is 0.268 e.